The Bertz CT molecular complexity index is 507. The molecule has 1 unspecified atom stereocenters. The lowest BCUT2D eigenvalue weighted by atomic mass is 10.0. The molecule has 0 radical (unpaired) electrons. The highest BCUT2D eigenvalue weighted by Crippen LogP contribution is 2.19. The first-order valence-electron chi connectivity index (χ1n) is 6.25. The fraction of sp³-hybridized carbons (Fsp3) is 0.333. The van der Waals surface area contributed by atoms with Crippen molar-refractivity contribution in [1.82, 2.24) is 0 Å². The second-order valence-corrected chi connectivity index (χ2v) is 5.77. The number of hydrogen-bond acceptors (Lipinski definition) is 2. The number of halogens is 1. The molecule has 0 bridgehead atoms. The SMILES string of the molecule is CCc1ccc(CC(N)Cc2cccc(F)c2)s1. The fourth-order valence-corrected chi connectivity index (χ4v) is 3.07. The van der Waals surface area contributed by atoms with E-state index in [1.165, 1.54) is 15.8 Å². The molecule has 0 spiro atoms. The van der Waals surface area contributed by atoms with Gasteiger partial charge in [-0.25, -0.2) is 4.39 Å². The van der Waals surface area contributed by atoms with E-state index in [1.807, 2.05) is 17.4 Å². The molecule has 0 aliphatic heterocycles. The van der Waals surface area contributed by atoms with Gasteiger partial charge in [0.1, 0.15) is 5.82 Å². The molecular weight excluding hydrogens is 245 g/mol. The van der Waals surface area contributed by atoms with Crippen molar-refractivity contribution in [2.24, 2.45) is 5.73 Å². The number of benzene rings is 1. The van der Waals surface area contributed by atoms with Crippen LogP contribution in [-0.2, 0) is 19.3 Å². The largest absolute Gasteiger partial charge is 0.327 e. The van der Waals surface area contributed by atoms with E-state index in [0.29, 0.717) is 0 Å². The summed E-state index contributed by atoms with van der Waals surface area (Å²) in [7, 11) is 0. The second kappa shape index (κ2) is 6.12. The zero-order valence-corrected chi connectivity index (χ0v) is 11.3. The van der Waals surface area contributed by atoms with Gasteiger partial charge in [0.05, 0.1) is 0 Å². The molecule has 2 rings (SSSR count). The van der Waals surface area contributed by atoms with Crippen molar-refractivity contribution in [2.75, 3.05) is 0 Å². The third-order valence-corrected chi connectivity index (χ3v) is 4.17. The van der Waals surface area contributed by atoms with E-state index in [-0.39, 0.29) is 11.9 Å². The highest BCUT2D eigenvalue weighted by Gasteiger charge is 2.08. The third-order valence-electron chi connectivity index (χ3n) is 2.92. The Balaban J connectivity index is 1.94. The lowest BCUT2D eigenvalue weighted by Crippen LogP contribution is -2.25. The standard InChI is InChI=1S/C15H18FNS/c1-2-14-6-7-15(18-14)10-13(17)9-11-4-3-5-12(16)8-11/h3-8,13H,2,9-10,17H2,1H3. The number of hydrogen-bond donors (Lipinski definition) is 1. The Hall–Kier alpha value is -1.19. The highest BCUT2D eigenvalue weighted by molar-refractivity contribution is 7.11. The molecule has 0 fully saturated rings. The summed E-state index contributed by atoms with van der Waals surface area (Å²) in [4.78, 5) is 2.71. The first-order valence-corrected chi connectivity index (χ1v) is 7.06. The summed E-state index contributed by atoms with van der Waals surface area (Å²) >= 11 is 1.82. The topological polar surface area (TPSA) is 26.0 Å². The number of thiophene rings is 1. The predicted octanol–water partition coefficient (Wildman–Crippen LogP) is 3.56. The number of nitrogens with two attached hydrogens (primary N) is 1. The van der Waals surface area contributed by atoms with Gasteiger partial charge in [-0.2, -0.15) is 0 Å². The average Bonchev–Trinajstić information content (AvgIpc) is 2.76. The maximum atomic E-state index is 13.1. The molecule has 18 heavy (non-hydrogen) atoms. The third kappa shape index (κ3) is 3.65. The zero-order valence-electron chi connectivity index (χ0n) is 10.5. The Morgan fingerprint density at radius 3 is 2.61 bits per heavy atom. The van der Waals surface area contributed by atoms with Gasteiger partial charge in [0, 0.05) is 15.8 Å². The van der Waals surface area contributed by atoms with E-state index in [9.17, 15) is 4.39 Å². The molecule has 1 atom stereocenters. The summed E-state index contributed by atoms with van der Waals surface area (Å²) in [6, 6.07) is 11.0. The van der Waals surface area contributed by atoms with Crippen LogP contribution in [0.25, 0.3) is 0 Å². The van der Waals surface area contributed by atoms with Crippen molar-refractivity contribution < 1.29 is 4.39 Å². The minimum absolute atomic E-state index is 0.0511. The van der Waals surface area contributed by atoms with Crippen LogP contribution in [0.4, 0.5) is 4.39 Å². The van der Waals surface area contributed by atoms with Crippen molar-refractivity contribution in [3.8, 4) is 0 Å². The van der Waals surface area contributed by atoms with Crippen LogP contribution in [0, 0.1) is 5.82 Å². The molecule has 2 N–H and O–H groups in total. The summed E-state index contributed by atoms with van der Waals surface area (Å²) in [5.41, 5.74) is 7.09. The van der Waals surface area contributed by atoms with Crippen LogP contribution in [-0.4, -0.2) is 6.04 Å². The smallest absolute Gasteiger partial charge is 0.123 e. The van der Waals surface area contributed by atoms with E-state index in [1.54, 1.807) is 12.1 Å². The molecule has 1 aromatic carbocycles. The van der Waals surface area contributed by atoms with Crippen molar-refractivity contribution >= 4 is 11.3 Å². The molecule has 1 nitrogen and oxygen atoms in total. The number of aryl methyl sites for hydroxylation is 1. The first kappa shape index (κ1) is 13.2. The van der Waals surface area contributed by atoms with Gasteiger partial charge in [-0.1, -0.05) is 19.1 Å². The second-order valence-electron chi connectivity index (χ2n) is 4.52. The zero-order chi connectivity index (χ0) is 13.0. The van der Waals surface area contributed by atoms with E-state index < -0.39 is 0 Å². The summed E-state index contributed by atoms with van der Waals surface area (Å²) in [6.07, 6.45) is 2.65. The molecule has 0 aliphatic carbocycles. The van der Waals surface area contributed by atoms with Crippen LogP contribution in [0.3, 0.4) is 0 Å². The summed E-state index contributed by atoms with van der Waals surface area (Å²) in [5, 5.41) is 0. The summed E-state index contributed by atoms with van der Waals surface area (Å²) in [5.74, 6) is -0.191. The van der Waals surface area contributed by atoms with Crippen molar-refractivity contribution in [1.29, 1.82) is 0 Å². The van der Waals surface area contributed by atoms with E-state index in [4.69, 9.17) is 5.73 Å². The van der Waals surface area contributed by atoms with Gasteiger partial charge in [-0.15, -0.1) is 11.3 Å². The summed E-state index contributed by atoms with van der Waals surface area (Å²) in [6.45, 7) is 2.16. The Kier molecular flexibility index (Phi) is 4.50. The Morgan fingerprint density at radius 1 is 1.17 bits per heavy atom. The molecule has 1 heterocycles. The first-order chi connectivity index (χ1) is 8.67. The Labute approximate surface area is 111 Å². The van der Waals surface area contributed by atoms with Crippen LogP contribution >= 0.6 is 11.3 Å². The lowest BCUT2D eigenvalue weighted by Gasteiger charge is -2.10. The van der Waals surface area contributed by atoms with Crippen molar-refractivity contribution in [3.63, 3.8) is 0 Å². The minimum Gasteiger partial charge on any atom is -0.327 e. The van der Waals surface area contributed by atoms with E-state index in [0.717, 1.165) is 24.8 Å². The molecule has 0 saturated carbocycles. The van der Waals surface area contributed by atoms with Crippen LogP contribution in [0.2, 0.25) is 0 Å². The van der Waals surface area contributed by atoms with Crippen LogP contribution in [0.5, 0.6) is 0 Å². The van der Waals surface area contributed by atoms with Crippen molar-refractivity contribution in [2.45, 2.75) is 32.2 Å². The molecule has 0 saturated heterocycles. The van der Waals surface area contributed by atoms with Gasteiger partial charge in [0.25, 0.3) is 0 Å². The van der Waals surface area contributed by atoms with E-state index in [2.05, 4.69) is 19.1 Å². The maximum absolute atomic E-state index is 13.1. The van der Waals surface area contributed by atoms with E-state index >= 15 is 0 Å². The maximum Gasteiger partial charge on any atom is 0.123 e. The average molecular weight is 263 g/mol. The lowest BCUT2D eigenvalue weighted by molar-refractivity contribution is 0.619. The quantitative estimate of drug-likeness (QED) is 0.877. The molecular formula is C15H18FNS. The normalized spacial score (nSPS) is 12.6. The van der Waals surface area contributed by atoms with Gasteiger partial charge < -0.3 is 5.73 Å². The molecule has 3 heteroatoms. The monoisotopic (exact) mass is 263 g/mol. The molecule has 2 aromatic rings. The van der Waals surface area contributed by atoms with Crippen LogP contribution < -0.4 is 5.73 Å². The highest BCUT2D eigenvalue weighted by atomic mass is 32.1. The fourth-order valence-electron chi connectivity index (χ4n) is 2.02. The number of rotatable bonds is 5. The summed E-state index contributed by atoms with van der Waals surface area (Å²) < 4.78 is 13.1. The Morgan fingerprint density at radius 2 is 1.94 bits per heavy atom. The molecule has 0 amide bonds. The van der Waals surface area contributed by atoms with Gasteiger partial charge in [0.2, 0.25) is 0 Å². The molecule has 0 aliphatic rings. The van der Waals surface area contributed by atoms with Crippen molar-refractivity contribution in [3.05, 3.63) is 57.5 Å². The van der Waals surface area contributed by atoms with Gasteiger partial charge in [0.15, 0.2) is 0 Å². The van der Waals surface area contributed by atoms with Gasteiger partial charge >= 0.3 is 0 Å². The van der Waals surface area contributed by atoms with Gasteiger partial charge in [-0.05, 0) is 49.1 Å². The minimum atomic E-state index is -0.191. The van der Waals surface area contributed by atoms with Crippen LogP contribution in [0.15, 0.2) is 36.4 Å². The molecule has 96 valence electrons. The molecule has 1 aromatic heterocycles. The predicted molar refractivity (Wildman–Crippen MR) is 75.5 cm³/mol. The van der Waals surface area contributed by atoms with Gasteiger partial charge in [-0.3, -0.25) is 0 Å². The van der Waals surface area contributed by atoms with Crippen LogP contribution in [0.1, 0.15) is 22.2 Å².